The molecule has 0 saturated carbocycles. The molecule has 1 atom stereocenters. The van der Waals surface area contributed by atoms with Gasteiger partial charge in [0.1, 0.15) is 5.75 Å². The molecule has 2 N–H and O–H groups in total. The molecule has 0 fully saturated rings. The molecule has 0 spiro atoms. The summed E-state index contributed by atoms with van der Waals surface area (Å²) in [6.45, 7) is 1.46. The average Bonchev–Trinajstić information content (AvgIpc) is 2.78. The number of hydrogen-bond acceptors (Lipinski definition) is 4. The number of aryl methyl sites for hydroxylation is 1. The van der Waals surface area contributed by atoms with Crippen LogP contribution in [0.2, 0.25) is 0 Å². The molecular formula is C14H21NO3. The fourth-order valence-corrected chi connectivity index (χ4v) is 2.62. The van der Waals surface area contributed by atoms with Gasteiger partial charge in [0.2, 0.25) is 0 Å². The van der Waals surface area contributed by atoms with Crippen molar-refractivity contribution in [3.05, 3.63) is 29.3 Å². The van der Waals surface area contributed by atoms with E-state index in [0.717, 1.165) is 30.7 Å². The molecule has 0 aliphatic heterocycles. The van der Waals surface area contributed by atoms with Gasteiger partial charge in [-0.1, -0.05) is 6.07 Å². The van der Waals surface area contributed by atoms with Crippen molar-refractivity contribution in [2.24, 2.45) is 0 Å². The van der Waals surface area contributed by atoms with Gasteiger partial charge in [-0.3, -0.25) is 0 Å². The van der Waals surface area contributed by atoms with E-state index in [9.17, 15) is 5.11 Å². The number of hydrogen-bond donors (Lipinski definition) is 2. The number of rotatable bonds is 6. The molecule has 1 aromatic rings. The van der Waals surface area contributed by atoms with Crippen molar-refractivity contribution in [3.63, 3.8) is 0 Å². The highest BCUT2D eigenvalue weighted by Crippen LogP contribution is 2.38. The number of aliphatic hydroxyl groups excluding tert-OH is 1. The van der Waals surface area contributed by atoms with Crippen molar-refractivity contribution in [1.82, 2.24) is 5.32 Å². The average molecular weight is 251 g/mol. The molecule has 0 bridgehead atoms. The third-order valence-corrected chi connectivity index (χ3v) is 3.69. The summed E-state index contributed by atoms with van der Waals surface area (Å²) in [6, 6.07) is 6.09. The Balaban J connectivity index is 2.24. The van der Waals surface area contributed by atoms with Crippen LogP contribution < -0.4 is 10.1 Å². The molecule has 2 rings (SSSR count). The third kappa shape index (κ3) is 2.36. The molecule has 0 amide bonds. The topological polar surface area (TPSA) is 50.7 Å². The summed E-state index contributed by atoms with van der Waals surface area (Å²) >= 11 is 0. The first-order valence-electron chi connectivity index (χ1n) is 6.28. The molecule has 1 aliphatic rings. The van der Waals surface area contributed by atoms with Crippen molar-refractivity contribution in [2.75, 3.05) is 34.0 Å². The monoisotopic (exact) mass is 251 g/mol. The SMILES string of the molecule is COCCNC1(CO)CCc2ccc(OC)cc21. The van der Waals surface area contributed by atoms with E-state index in [1.807, 2.05) is 12.1 Å². The van der Waals surface area contributed by atoms with E-state index >= 15 is 0 Å². The molecular weight excluding hydrogens is 230 g/mol. The molecule has 0 radical (unpaired) electrons. The van der Waals surface area contributed by atoms with Crippen LogP contribution in [0.25, 0.3) is 0 Å². The van der Waals surface area contributed by atoms with Crippen molar-refractivity contribution < 1.29 is 14.6 Å². The van der Waals surface area contributed by atoms with E-state index in [0.29, 0.717) is 6.61 Å². The maximum atomic E-state index is 9.78. The fourth-order valence-electron chi connectivity index (χ4n) is 2.62. The predicted octanol–water partition coefficient (Wildman–Crippen LogP) is 1.06. The highest BCUT2D eigenvalue weighted by atomic mass is 16.5. The molecule has 1 aliphatic carbocycles. The minimum atomic E-state index is -0.345. The Labute approximate surface area is 108 Å². The van der Waals surface area contributed by atoms with Gasteiger partial charge < -0.3 is 19.9 Å². The van der Waals surface area contributed by atoms with E-state index in [1.165, 1.54) is 5.56 Å². The Morgan fingerprint density at radius 3 is 2.89 bits per heavy atom. The third-order valence-electron chi connectivity index (χ3n) is 3.69. The maximum Gasteiger partial charge on any atom is 0.119 e. The number of methoxy groups -OCH3 is 2. The molecule has 4 heteroatoms. The van der Waals surface area contributed by atoms with Crippen LogP contribution >= 0.6 is 0 Å². The molecule has 4 nitrogen and oxygen atoms in total. The van der Waals surface area contributed by atoms with Crippen LogP contribution in [-0.4, -0.2) is 39.1 Å². The lowest BCUT2D eigenvalue weighted by Gasteiger charge is -2.30. The summed E-state index contributed by atoms with van der Waals surface area (Å²) in [5.41, 5.74) is 2.10. The number of benzene rings is 1. The quantitative estimate of drug-likeness (QED) is 0.742. The van der Waals surface area contributed by atoms with Gasteiger partial charge in [-0.25, -0.2) is 0 Å². The lowest BCUT2D eigenvalue weighted by molar-refractivity contribution is 0.137. The van der Waals surface area contributed by atoms with Crippen molar-refractivity contribution in [2.45, 2.75) is 18.4 Å². The van der Waals surface area contributed by atoms with Crippen LogP contribution in [0, 0.1) is 0 Å². The highest BCUT2D eigenvalue weighted by Gasteiger charge is 2.37. The summed E-state index contributed by atoms with van der Waals surface area (Å²) in [5.74, 6) is 0.835. The van der Waals surface area contributed by atoms with E-state index in [2.05, 4.69) is 11.4 Å². The van der Waals surface area contributed by atoms with Gasteiger partial charge >= 0.3 is 0 Å². The number of nitrogens with one attached hydrogen (secondary N) is 1. The summed E-state index contributed by atoms with van der Waals surface area (Å²) in [5, 5.41) is 13.2. The largest absolute Gasteiger partial charge is 0.497 e. The predicted molar refractivity (Wildman–Crippen MR) is 70.0 cm³/mol. The van der Waals surface area contributed by atoms with Crippen LogP contribution in [0.5, 0.6) is 5.75 Å². The minimum Gasteiger partial charge on any atom is -0.497 e. The number of ether oxygens (including phenoxy) is 2. The van der Waals surface area contributed by atoms with E-state index in [-0.39, 0.29) is 12.1 Å². The summed E-state index contributed by atoms with van der Waals surface area (Å²) in [7, 11) is 3.34. The summed E-state index contributed by atoms with van der Waals surface area (Å²) < 4.78 is 10.3. The van der Waals surface area contributed by atoms with Gasteiger partial charge in [0, 0.05) is 13.7 Å². The van der Waals surface area contributed by atoms with Gasteiger partial charge in [-0.15, -0.1) is 0 Å². The van der Waals surface area contributed by atoms with Crippen LogP contribution in [0.3, 0.4) is 0 Å². The molecule has 0 aromatic heterocycles. The van der Waals surface area contributed by atoms with Crippen LogP contribution in [0.4, 0.5) is 0 Å². The van der Waals surface area contributed by atoms with Gasteiger partial charge in [0.15, 0.2) is 0 Å². The van der Waals surface area contributed by atoms with E-state index in [1.54, 1.807) is 14.2 Å². The van der Waals surface area contributed by atoms with Crippen molar-refractivity contribution in [1.29, 1.82) is 0 Å². The zero-order valence-electron chi connectivity index (χ0n) is 11.0. The fraction of sp³-hybridized carbons (Fsp3) is 0.571. The number of fused-ring (bicyclic) bond motifs is 1. The van der Waals surface area contributed by atoms with Gasteiger partial charge in [0.05, 0.1) is 25.9 Å². The maximum absolute atomic E-state index is 9.78. The molecule has 1 aromatic carbocycles. The Morgan fingerprint density at radius 1 is 1.39 bits per heavy atom. The molecule has 1 unspecified atom stereocenters. The minimum absolute atomic E-state index is 0.0941. The zero-order valence-corrected chi connectivity index (χ0v) is 11.0. The molecule has 100 valence electrons. The second-order valence-corrected chi connectivity index (χ2v) is 4.68. The van der Waals surface area contributed by atoms with Crippen LogP contribution in [0.1, 0.15) is 17.5 Å². The normalized spacial score (nSPS) is 21.9. The molecule has 0 heterocycles. The Hall–Kier alpha value is -1.10. The lowest BCUT2D eigenvalue weighted by Crippen LogP contribution is -2.45. The highest BCUT2D eigenvalue weighted by molar-refractivity contribution is 5.44. The Bertz CT molecular complexity index is 408. The number of aliphatic hydroxyl groups is 1. The standard InChI is InChI=1S/C14H21NO3/c1-17-8-7-15-14(10-16)6-5-11-3-4-12(18-2)9-13(11)14/h3-4,9,15-16H,5-8,10H2,1-2H3. The van der Waals surface area contributed by atoms with Crippen LogP contribution in [0.15, 0.2) is 18.2 Å². The Morgan fingerprint density at radius 2 is 2.22 bits per heavy atom. The van der Waals surface area contributed by atoms with E-state index in [4.69, 9.17) is 9.47 Å². The smallest absolute Gasteiger partial charge is 0.119 e. The van der Waals surface area contributed by atoms with Gasteiger partial charge in [0.25, 0.3) is 0 Å². The summed E-state index contributed by atoms with van der Waals surface area (Å²) in [6.07, 6.45) is 1.90. The van der Waals surface area contributed by atoms with Crippen molar-refractivity contribution >= 4 is 0 Å². The first-order valence-corrected chi connectivity index (χ1v) is 6.28. The first-order chi connectivity index (χ1) is 8.75. The Kier molecular flexibility index (Phi) is 4.22. The summed E-state index contributed by atoms with van der Waals surface area (Å²) in [4.78, 5) is 0. The second-order valence-electron chi connectivity index (χ2n) is 4.68. The van der Waals surface area contributed by atoms with Gasteiger partial charge in [-0.05, 0) is 36.1 Å². The van der Waals surface area contributed by atoms with Crippen LogP contribution in [-0.2, 0) is 16.7 Å². The second kappa shape index (κ2) is 5.69. The first kappa shape index (κ1) is 13.3. The van der Waals surface area contributed by atoms with Crippen molar-refractivity contribution in [3.8, 4) is 5.75 Å². The molecule has 0 saturated heterocycles. The van der Waals surface area contributed by atoms with Gasteiger partial charge in [-0.2, -0.15) is 0 Å². The zero-order chi connectivity index (χ0) is 13.0. The lowest BCUT2D eigenvalue weighted by atomic mass is 9.92. The van der Waals surface area contributed by atoms with E-state index < -0.39 is 0 Å². The molecule has 18 heavy (non-hydrogen) atoms.